The van der Waals surface area contributed by atoms with Crippen molar-refractivity contribution in [2.45, 2.75) is 27.3 Å². The molecular formula is C20H21ClN4S. The number of rotatable bonds is 4. The average molecular weight is 385 g/mol. The highest BCUT2D eigenvalue weighted by Gasteiger charge is 2.08. The molecule has 0 fully saturated rings. The Kier molecular flexibility index (Phi) is 5.59. The summed E-state index contributed by atoms with van der Waals surface area (Å²) in [5, 5.41) is 12.2. The lowest BCUT2D eigenvalue weighted by molar-refractivity contribution is 0.668. The van der Waals surface area contributed by atoms with Crippen molar-refractivity contribution in [3.05, 3.63) is 75.9 Å². The number of halogens is 1. The molecule has 0 aliphatic heterocycles. The number of benzene rings is 2. The van der Waals surface area contributed by atoms with Gasteiger partial charge in [-0.25, -0.2) is 0 Å². The van der Waals surface area contributed by atoms with Crippen LogP contribution in [-0.2, 0) is 6.54 Å². The van der Waals surface area contributed by atoms with Gasteiger partial charge in [-0.2, -0.15) is 5.10 Å². The summed E-state index contributed by atoms with van der Waals surface area (Å²) in [7, 11) is 0. The summed E-state index contributed by atoms with van der Waals surface area (Å²) in [5.74, 6) is 0.715. The molecule has 0 atom stereocenters. The van der Waals surface area contributed by atoms with Gasteiger partial charge in [-0.3, -0.25) is 4.68 Å². The van der Waals surface area contributed by atoms with E-state index in [0.717, 1.165) is 22.0 Å². The Hall–Kier alpha value is -2.37. The van der Waals surface area contributed by atoms with Crippen molar-refractivity contribution in [1.82, 2.24) is 9.78 Å². The second-order valence-corrected chi connectivity index (χ2v) is 7.13. The number of anilines is 2. The minimum absolute atomic E-state index is 0.520. The summed E-state index contributed by atoms with van der Waals surface area (Å²) in [4.78, 5) is 0. The molecule has 0 saturated heterocycles. The Bertz CT molecular complexity index is 949. The zero-order valence-corrected chi connectivity index (χ0v) is 16.6. The second-order valence-electron chi connectivity index (χ2n) is 6.29. The van der Waals surface area contributed by atoms with Crippen LogP contribution < -0.4 is 10.6 Å². The first-order valence-electron chi connectivity index (χ1n) is 8.35. The maximum Gasteiger partial charge on any atom is 0.176 e. The molecule has 2 N–H and O–H groups in total. The smallest absolute Gasteiger partial charge is 0.176 e. The predicted molar refractivity (Wildman–Crippen MR) is 113 cm³/mol. The largest absolute Gasteiger partial charge is 0.332 e. The van der Waals surface area contributed by atoms with Crippen LogP contribution in [0, 0.1) is 20.8 Å². The molecule has 3 rings (SSSR count). The number of thiocarbonyl (C=S) groups is 1. The Morgan fingerprint density at radius 3 is 2.62 bits per heavy atom. The summed E-state index contributed by atoms with van der Waals surface area (Å²) in [6, 6.07) is 15.9. The first-order chi connectivity index (χ1) is 12.4. The summed E-state index contributed by atoms with van der Waals surface area (Å²) >= 11 is 11.5. The zero-order valence-electron chi connectivity index (χ0n) is 15.0. The number of aryl methyl sites for hydroxylation is 2. The van der Waals surface area contributed by atoms with E-state index < -0.39 is 0 Å². The van der Waals surface area contributed by atoms with Crippen LogP contribution in [0.2, 0.25) is 5.02 Å². The van der Waals surface area contributed by atoms with Crippen molar-refractivity contribution >= 4 is 40.4 Å². The summed E-state index contributed by atoms with van der Waals surface area (Å²) in [6.45, 7) is 6.83. The maximum absolute atomic E-state index is 6.06. The average Bonchev–Trinajstić information content (AvgIpc) is 2.91. The van der Waals surface area contributed by atoms with Crippen molar-refractivity contribution in [2.24, 2.45) is 0 Å². The second kappa shape index (κ2) is 7.89. The van der Waals surface area contributed by atoms with E-state index >= 15 is 0 Å². The molecule has 0 saturated carbocycles. The topological polar surface area (TPSA) is 41.9 Å². The number of nitrogens with one attached hydrogen (secondary N) is 2. The molecule has 6 heteroatoms. The predicted octanol–water partition coefficient (Wildman–Crippen LogP) is 5.32. The molecule has 0 aliphatic rings. The van der Waals surface area contributed by atoms with E-state index in [1.54, 1.807) is 0 Å². The van der Waals surface area contributed by atoms with Crippen molar-refractivity contribution < 1.29 is 0 Å². The van der Waals surface area contributed by atoms with Crippen molar-refractivity contribution in [1.29, 1.82) is 0 Å². The normalized spacial score (nSPS) is 10.6. The van der Waals surface area contributed by atoms with E-state index in [0.29, 0.717) is 17.5 Å². The van der Waals surface area contributed by atoms with Gasteiger partial charge in [0, 0.05) is 22.5 Å². The van der Waals surface area contributed by atoms with Crippen LogP contribution in [0.15, 0.2) is 48.5 Å². The molecular weight excluding hydrogens is 364 g/mol. The fourth-order valence-corrected chi connectivity index (χ4v) is 3.12. The van der Waals surface area contributed by atoms with Gasteiger partial charge in [0.15, 0.2) is 10.9 Å². The molecule has 26 heavy (non-hydrogen) atoms. The molecule has 3 aromatic rings. The van der Waals surface area contributed by atoms with Gasteiger partial charge in [0.1, 0.15) is 0 Å². The minimum Gasteiger partial charge on any atom is -0.332 e. The standard InChI is InChI=1S/C20H21ClN4S/c1-13-6-4-9-18(15(13)3)22-20(26)23-19-10-14(2)25(24-19)12-16-7-5-8-17(21)11-16/h4-11H,12H2,1-3H3,(H2,22,23,24,26). The number of nitrogens with zero attached hydrogens (tertiary/aromatic N) is 2. The highest BCUT2D eigenvalue weighted by Crippen LogP contribution is 2.19. The lowest BCUT2D eigenvalue weighted by Crippen LogP contribution is -2.20. The van der Waals surface area contributed by atoms with Gasteiger partial charge in [0.2, 0.25) is 0 Å². The van der Waals surface area contributed by atoms with E-state index in [-0.39, 0.29) is 0 Å². The first kappa shape index (κ1) is 18.4. The van der Waals surface area contributed by atoms with Crippen LogP contribution in [0.5, 0.6) is 0 Å². The lowest BCUT2D eigenvalue weighted by Gasteiger charge is -2.12. The molecule has 1 aromatic heterocycles. The molecule has 0 spiro atoms. The van der Waals surface area contributed by atoms with Crippen LogP contribution in [0.4, 0.5) is 11.5 Å². The van der Waals surface area contributed by atoms with Gasteiger partial charge >= 0.3 is 0 Å². The van der Waals surface area contributed by atoms with Crippen molar-refractivity contribution in [3.8, 4) is 0 Å². The van der Waals surface area contributed by atoms with Gasteiger partial charge in [-0.1, -0.05) is 35.9 Å². The highest BCUT2D eigenvalue weighted by molar-refractivity contribution is 7.80. The van der Waals surface area contributed by atoms with E-state index in [1.807, 2.05) is 54.1 Å². The molecule has 2 aromatic carbocycles. The number of hydrogen-bond donors (Lipinski definition) is 2. The molecule has 0 bridgehead atoms. The third-order valence-corrected chi connectivity index (χ3v) is 4.74. The van der Waals surface area contributed by atoms with E-state index in [9.17, 15) is 0 Å². The lowest BCUT2D eigenvalue weighted by atomic mass is 10.1. The molecule has 134 valence electrons. The monoisotopic (exact) mass is 384 g/mol. The zero-order chi connectivity index (χ0) is 18.7. The van der Waals surface area contributed by atoms with Gasteiger partial charge in [-0.05, 0) is 67.9 Å². The maximum atomic E-state index is 6.06. The molecule has 0 unspecified atom stereocenters. The Labute approximate surface area is 164 Å². The van der Waals surface area contributed by atoms with E-state index in [4.69, 9.17) is 23.8 Å². The number of hydrogen-bond acceptors (Lipinski definition) is 2. The van der Waals surface area contributed by atoms with Crippen LogP contribution in [0.25, 0.3) is 0 Å². The van der Waals surface area contributed by atoms with Gasteiger partial charge in [0.25, 0.3) is 0 Å². The molecule has 0 amide bonds. The highest BCUT2D eigenvalue weighted by atomic mass is 35.5. The summed E-state index contributed by atoms with van der Waals surface area (Å²) in [5.41, 5.74) is 5.55. The third-order valence-electron chi connectivity index (χ3n) is 4.30. The Morgan fingerprint density at radius 2 is 1.85 bits per heavy atom. The molecule has 0 aliphatic carbocycles. The number of aromatic nitrogens is 2. The van der Waals surface area contributed by atoms with E-state index in [1.165, 1.54) is 11.1 Å². The molecule has 1 heterocycles. The summed E-state index contributed by atoms with van der Waals surface area (Å²) < 4.78 is 1.93. The Morgan fingerprint density at radius 1 is 1.08 bits per heavy atom. The van der Waals surface area contributed by atoms with Crippen LogP contribution in [0.3, 0.4) is 0 Å². The van der Waals surface area contributed by atoms with Crippen molar-refractivity contribution in [3.63, 3.8) is 0 Å². The first-order valence-corrected chi connectivity index (χ1v) is 9.14. The van der Waals surface area contributed by atoms with Crippen LogP contribution in [-0.4, -0.2) is 14.9 Å². The SMILES string of the molecule is Cc1cccc(NC(=S)Nc2cc(C)n(Cc3cccc(Cl)c3)n2)c1C. The summed E-state index contributed by atoms with van der Waals surface area (Å²) in [6.07, 6.45) is 0. The van der Waals surface area contributed by atoms with E-state index in [2.05, 4.69) is 35.6 Å². The fraction of sp³-hybridized carbons (Fsp3) is 0.200. The Balaban J connectivity index is 1.69. The molecule has 0 radical (unpaired) electrons. The van der Waals surface area contributed by atoms with Gasteiger partial charge < -0.3 is 10.6 Å². The quantitative estimate of drug-likeness (QED) is 0.597. The van der Waals surface area contributed by atoms with Gasteiger partial charge in [-0.15, -0.1) is 0 Å². The third kappa shape index (κ3) is 4.42. The fourth-order valence-electron chi connectivity index (χ4n) is 2.70. The van der Waals surface area contributed by atoms with Crippen LogP contribution in [0.1, 0.15) is 22.4 Å². The molecule has 4 nitrogen and oxygen atoms in total. The van der Waals surface area contributed by atoms with Crippen LogP contribution >= 0.6 is 23.8 Å². The minimum atomic E-state index is 0.520. The van der Waals surface area contributed by atoms with Gasteiger partial charge in [0.05, 0.1) is 6.54 Å². The van der Waals surface area contributed by atoms with Crippen molar-refractivity contribution in [2.75, 3.05) is 10.6 Å².